The molecule has 0 unspecified atom stereocenters. The van der Waals surface area contributed by atoms with E-state index in [1.54, 1.807) is 6.20 Å². The van der Waals surface area contributed by atoms with E-state index < -0.39 is 0 Å². The van der Waals surface area contributed by atoms with Gasteiger partial charge in [-0.1, -0.05) is 23.8 Å². The van der Waals surface area contributed by atoms with Crippen LogP contribution < -0.4 is 5.32 Å². The van der Waals surface area contributed by atoms with E-state index in [0.29, 0.717) is 4.88 Å². The number of hydrogen-bond acceptors (Lipinski definition) is 4. The Morgan fingerprint density at radius 3 is 2.65 bits per heavy atom. The molecule has 1 aromatic carbocycles. The number of hydrogen-bond donors (Lipinski definition) is 1. The molecule has 0 aliphatic carbocycles. The molecule has 0 radical (unpaired) electrons. The Morgan fingerprint density at radius 1 is 1.13 bits per heavy atom. The molecule has 3 rings (SSSR count). The van der Waals surface area contributed by atoms with Crippen LogP contribution in [0, 0.1) is 20.8 Å². The minimum atomic E-state index is -0.130. The predicted molar refractivity (Wildman–Crippen MR) is 94.0 cm³/mol. The van der Waals surface area contributed by atoms with Gasteiger partial charge in [0.05, 0.1) is 11.4 Å². The normalized spacial score (nSPS) is 10.6. The van der Waals surface area contributed by atoms with Gasteiger partial charge in [0.1, 0.15) is 9.88 Å². The second-order valence-electron chi connectivity index (χ2n) is 5.42. The van der Waals surface area contributed by atoms with Crippen LogP contribution in [0.3, 0.4) is 0 Å². The van der Waals surface area contributed by atoms with Crippen molar-refractivity contribution in [3.05, 3.63) is 64.3 Å². The van der Waals surface area contributed by atoms with Crippen molar-refractivity contribution in [1.82, 2.24) is 9.97 Å². The van der Waals surface area contributed by atoms with Gasteiger partial charge in [-0.25, -0.2) is 4.98 Å². The zero-order valence-electron chi connectivity index (χ0n) is 13.3. The van der Waals surface area contributed by atoms with Crippen LogP contribution in [0.5, 0.6) is 0 Å². The summed E-state index contributed by atoms with van der Waals surface area (Å²) in [4.78, 5) is 21.9. The maximum absolute atomic E-state index is 12.6. The van der Waals surface area contributed by atoms with Gasteiger partial charge in [0.2, 0.25) is 0 Å². The number of anilines is 1. The first-order valence-electron chi connectivity index (χ1n) is 7.32. The van der Waals surface area contributed by atoms with E-state index in [4.69, 9.17) is 0 Å². The molecule has 0 bridgehead atoms. The smallest absolute Gasteiger partial charge is 0.267 e. The highest BCUT2D eigenvalue weighted by molar-refractivity contribution is 7.17. The van der Waals surface area contributed by atoms with Crippen LogP contribution in [0.2, 0.25) is 0 Å². The van der Waals surface area contributed by atoms with E-state index in [9.17, 15) is 4.79 Å². The number of pyridine rings is 1. The van der Waals surface area contributed by atoms with E-state index in [0.717, 1.165) is 27.6 Å². The zero-order valence-corrected chi connectivity index (χ0v) is 14.1. The average Bonchev–Trinajstić information content (AvgIpc) is 2.93. The summed E-state index contributed by atoms with van der Waals surface area (Å²) in [6.45, 7) is 5.87. The first-order chi connectivity index (χ1) is 11.0. The maximum atomic E-state index is 12.6. The highest BCUT2D eigenvalue weighted by atomic mass is 32.1. The Kier molecular flexibility index (Phi) is 4.21. The lowest BCUT2D eigenvalue weighted by Gasteiger charge is -2.08. The third-order valence-corrected chi connectivity index (χ3v) is 4.70. The molecule has 1 amide bonds. The molecule has 1 N–H and O–H groups in total. The Labute approximate surface area is 139 Å². The van der Waals surface area contributed by atoms with Crippen molar-refractivity contribution in [2.75, 3.05) is 5.32 Å². The lowest BCUT2D eigenvalue weighted by Crippen LogP contribution is -2.12. The Morgan fingerprint density at radius 2 is 1.96 bits per heavy atom. The molecular weight excluding hydrogens is 306 g/mol. The van der Waals surface area contributed by atoms with Gasteiger partial charge in [-0.3, -0.25) is 9.78 Å². The highest BCUT2D eigenvalue weighted by Gasteiger charge is 2.17. The van der Waals surface area contributed by atoms with Crippen molar-refractivity contribution < 1.29 is 4.79 Å². The summed E-state index contributed by atoms with van der Waals surface area (Å²) in [5.41, 5.74) is 4.55. The fourth-order valence-corrected chi connectivity index (χ4v) is 3.28. The van der Waals surface area contributed by atoms with E-state index in [1.807, 2.05) is 51.1 Å². The number of aryl methyl sites for hydroxylation is 3. The van der Waals surface area contributed by atoms with Gasteiger partial charge in [-0.05, 0) is 44.5 Å². The van der Waals surface area contributed by atoms with Crippen LogP contribution in [-0.2, 0) is 0 Å². The van der Waals surface area contributed by atoms with Crippen molar-refractivity contribution in [3.8, 4) is 10.7 Å². The average molecular weight is 323 g/mol. The number of amides is 1. The molecule has 0 spiro atoms. The van der Waals surface area contributed by atoms with Gasteiger partial charge in [0.15, 0.2) is 0 Å². The maximum Gasteiger partial charge on any atom is 0.267 e. The van der Waals surface area contributed by atoms with E-state index >= 15 is 0 Å². The van der Waals surface area contributed by atoms with E-state index in [1.165, 1.54) is 16.9 Å². The van der Waals surface area contributed by atoms with Crippen LogP contribution in [0.1, 0.15) is 26.5 Å². The van der Waals surface area contributed by atoms with Crippen molar-refractivity contribution in [2.24, 2.45) is 0 Å². The molecule has 0 aliphatic rings. The standard InChI is InChI=1S/C18H17N3OS/c1-11-7-8-14(12(2)10-11)21-17(22)16-13(3)20-18(23-16)15-6-4-5-9-19-15/h4-10H,1-3H3,(H,21,22). The quantitative estimate of drug-likeness (QED) is 0.778. The zero-order chi connectivity index (χ0) is 16.4. The summed E-state index contributed by atoms with van der Waals surface area (Å²) in [6, 6.07) is 11.6. The van der Waals surface area contributed by atoms with Crippen molar-refractivity contribution in [2.45, 2.75) is 20.8 Å². The monoisotopic (exact) mass is 323 g/mol. The second-order valence-corrected chi connectivity index (χ2v) is 6.42. The molecule has 5 heteroatoms. The molecule has 2 aromatic heterocycles. The molecule has 0 fully saturated rings. The molecule has 0 saturated carbocycles. The predicted octanol–water partition coefficient (Wildman–Crippen LogP) is 4.38. The summed E-state index contributed by atoms with van der Waals surface area (Å²) < 4.78 is 0. The Hall–Kier alpha value is -2.53. The van der Waals surface area contributed by atoms with Crippen LogP contribution in [0.4, 0.5) is 5.69 Å². The number of benzene rings is 1. The number of rotatable bonds is 3. The number of nitrogens with zero attached hydrogens (tertiary/aromatic N) is 2. The summed E-state index contributed by atoms with van der Waals surface area (Å²) in [5, 5.41) is 3.73. The lowest BCUT2D eigenvalue weighted by molar-refractivity contribution is 0.102. The molecule has 0 aliphatic heterocycles. The first-order valence-corrected chi connectivity index (χ1v) is 8.13. The molecule has 0 atom stereocenters. The summed E-state index contributed by atoms with van der Waals surface area (Å²) >= 11 is 1.36. The molecule has 23 heavy (non-hydrogen) atoms. The van der Waals surface area contributed by atoms with Crippen LogP contribution in [-0.4, -0.2) is 15.9 Å². The van der Waals surface area contributed by atoms with Crippen molar-refractivity contribution >= 4 is 22.9 Å². The fourth-order valence-electron chi connectivity index (χ4n) is 2.34. The third-order valence-electron chi connectivity index (χ3n) is 3.52. The Balaban J connectivity index is 1.87. The minimum absolute atomic E-state index is 0.130. The fraction of sp³-hybridized carbons (Fsp3) is 0.167. The van der Waals surface area contributed by atoms with Crippen molar-refractivity contribution in [1.29, 1.82) is 0 Å². The topological polar surface area (TPSA) is 54.9 Å². The summed E-state index contributed by atoms with van der Waals surface area (Å²) in [7, 11) is 0. The van der Waals surface area contributed by atoms with Crippen molar-refractivity contribution in [3.63, 3.8) is 0 Å². The second kappa shape index (κ2) is 6.30. The number of thiazole rings is 1. The van der Waals surface area contributed by atoms with Gasteiger partial charge in [0.25, 0.3) is 5.91 Å². The van der Waals surface area contributed by atoms with Gasteiger partial charge < -0.3 is 5.32 Å². The highest BCUT2D eigenvalue weighted by Crippen LogP contribution is 2.27. The largest absolute Gasteiger partial charge is 0.321 e. The molecule has 3 aromatic rings. The number of carbonyl (C=O) groups excluding carboxylic acids is 1. The minimum Gasteiger partial charge on any atom is -0.321 e. The number of carbonyl (C=O) groups is 1. The SMILES string of the molecule is Cc1ccc(NC(=O)c2sc(-c3ccccn3)nc2C)c(C)c1. The van der Waals surface area contributed by atoms with Gasteiger partial charge in [-0.2, -0.15) is 0 Å². The van der Waals surface area contributed by atoms with Gasteiger partial charge in [0, 0.05) is 11.9 Å². The van der Waals surface area contributed by atoms with E-state index in [-0.39, 0.29) is 5.91 Å². The molecule has 4 nitrogen and oxygen atoms in total. The lowest BCUT2D eigenvalue weighted by atomic mass is 10.1. The van der Waals surface area contributed by atoms with Gasteiger partial charge >= 0.3 is 0 Å². The third kappa shape index (κ3) is 3.29. The molecular formula is C18H17N3OS. The molecule has 2 heterocycles. The molecule has 116 valence electrons. The summed E-state index contributed by atoms with van der Waals surface area (Å²) in [6.07, 6.45) is 1.72. The van der Waals surface area contributed by atoms with Crippen LogP contribution in [0.25, 0.3) is 10.7 Å². The molecule has 0 saturated heterocycles. The first kappa shape index (κ1) is 15.4. The number of aromatic nitrogens is 2. The summed E-state index contributed by atoms with van der Waals surface area (Å²) in [5.74, 6) is -0.130. The number of nitrogens with one attached hydrogen (secondary N) is 1. The van der Waals surface area contributed by atoms with Crippen LogP contribution in [0.15, 0.2) is 42.6 Å². The Bertz CT molecular complexity index is 856. The van der Waals surface area contributed by atoms with Gasteiger partial charge in [-0.15, -0.1) is 11.3 Å². The van der Waals surface area contributed by atoms with Crippen LogP contribution >= 0.6 is 11.3 Å². The van der Waals surface area contributed by atoms with E-state index in [2.05, 4.69) is 21.4 Å².